The lowest BCUT2D eigenvalue weighted by molar-refractivity contribution is -0.385. The summed E-state index contributed by atoms with van der Waals surface area (Å²) in [4.78, 5) is 23.1. The summed E-state index contributed by atoms with van der Waals surface area (Å²) in [7, 11) is 0.664. The molecule has 9 nitrogen and oxygen atoms in total. The predicted molar refractivity (Wildman–Crippen MR) is 103 cm³/mol. The molecule has 0 spiro atoms. The molecule has 2 rings (SSSR count). The molecular formula is C18H21N3O6S. The quantitative estimate of drug-likeness (QED) is 0.556. The molecule has 28 heavy (non-hydrogen) atoms. The fraction of sp³-hybridized carbons (Fsp3) is 0.278. The van der Waals surface area contributed by atoms with E-state index in [2.05, 4.69) is 5.32 Å². The Morgan fingerprint density at radius 3 is 2.29 bits per heavy atom. The number of rotatable bonds is 7. The smallest absolute Gasteiger partial charge is 0.311 e. The first kappa shape index (κ1) is 21.3. The Hall–Kier alpha value is -2.98. The van der Waals surface area contributed by atoms with Gasteiger partial charge in [0, 0.05) is 25.7 Å². The maximum Gasteiger partial charge on any atom is 0.311 e. The normalized spacial score (nSPS) is 12.5. The van der Waals surface area contributed by atoms with Crippen LogP contribution in [0.4, 0.5) is 5.69 Å². The summed E-state index contributed by atoms with van der Waals surface area (Å²) >= 11 is 0. The third-order valence-electron chi connectivity index (χ3n) is 4.14. The number of benzene rings is 2. The lowest BCUT2D eigenvalue weighted by Crippen LogP contribution is -2.27. The van der Waals surface area contributed by atoms with Crippen LogP contribution in [0.3, 0.4) is 0 Å². The summed E-state index contributed by atoms with van der Waals surface area (Å²) in [6.45, 7) is 1.73. The van der Waals surface area contributed by atoms with Gasteiger partial charge in [0.15, 0.2) is 5.75 Å². The molecule has 2 aromatic carbocycles. The van der Waals surface area contributed by atoms with Crippen LogP contribution in [-0.4, -0.2) is 44.8 Å². The standard InChI is InChI=1S/C18H21N3O6S/c1-12(13-5-8-15(9-6-13)28(25,26)20(2)3)19-18(22)14-7-10-17(27-4)16(11-14)21(23)24/h5-12H,1-4H3,(H,19,22). The van der Waals surface area contributed by atoms with Crippen molar-refractivity contribution < 1.29 is 22.9 Å². The van der Waals surface area contributed by atoms with E-state index in [1.807, 2.05) is 0 Å². The second kappa shape index (κ2) is 8.36. The number of nitrogens with zero attached hydrogens (tertiary/aromatic N) is 2. The zero-order valence-corrected chi connectivity index (χ0v) is 16.7. The van der Waals surface area contributed by atoms with Gasteiger partial charge in [-0.2, -0.15) is 0 Å². The third-order valence-corrected chi connectivity index (χ3v) is 5.97. The Kier molecular flexibility index (Phi) is 6.37. The number of methoxy groups -OCH3 is 1. The predicted octanol–water partition coefficient (Wildman–Crippen LogP) is 2.34. The van der Waals surface area contributed by atoms with Crippen molar-refractivity contribution in [3.8, 4) is 5.75 Å². The van der Waals surface area contributed by atoms with Crippen LogP contribution in [0, 0.1) is 10.1 Å². The Bertz CT molecular complexity index is 987. The minimum atomic E-state index is -3.53. The number of amides is 1. The van der Waals surface area contributed by atoms with Crippen molar-refractivity contribution in [3.63, 3.8) is 0 Å². The number of hydrogen-bond donors (Lipinski definition) is 1. The van der Waals surface area contributed by atoms with Crippen LogP contribution in [0.15, 0.2) is 47.4 Å². The van der Waals surface area contributed by atoms with E-state index < -0.39 is 26.9 Å². The van der Waals surface area contributed by atoms with Crippen LogP contribution in [0.5, 0.6) is 5.75 Å². The van der Waals surface area contributed by atoms with Gasteiger partial charge in [0.1, 0.15) is 0 Å². The monoisotopic (exact) mass is 407 g/mol. The maximum atomic E-state index is 12.4. The number of nitrogens with one attached hydrogen (secondary N) is 1. The van der Waals surface area contributed by atoms with E-state index in [-0.39, 0.29) is 21.9 Å². The molecule has 0 aliphatic heterocycles. The molecule has 1 unspecified atom stereocenters. The first-order valence-corrected chi connectivity index (χ1v) is 9.67. The van der Waals surface area contributed by atoms with E-state index in [9.17, 15) is 23.3 Å². The average Bonchev–Trinajstić information content (AvgIpc) is 2.67. The van der Waals surface area contributed by atoms with Gasteiger partial charge in [-0.05, 0) is 36.8 Å². The van der Waals surface area contributed by atoms with Gasteiger partial charge in [0.2, 0.25) is 10.0 Å². The Morgan fingerprint density at radius 1 is 1.18 bits per heavy atom. The molecular weight excluding hydrogens is 386 g/mol. The molecule has 0 radical (unpaired) electrons. The largest absolute Gasteiger partial charge is 0.490 e. The zero-order chi connectivity index (χ0) is 21.1. The highest BCUT2D eigenvalue weighted by molar-refractivity contribution is 7.89. The van der Waals surface area contributed by atoms with E-state index in [0.717, 1.165) is 10.4 Å². The molecule has 0 aliphatic rings. The summed E-state index contributed by atoms with van der Waals surface area (Å²) in [5.41, 5.74) is 0.501. The number of carbonyl (C=O) groups is 1. The van der Waals surface area contributed by atoms with Gasteiger partial charge in [0.05, 0.1) is 23.0 Å². The summed E-state index contributed by atoms with van der Waals surface area (Å²) < 4.78 is 30.2. The molecule has 0 heterocycles. The van der Waals surface area contributed by atoms with Gasteiger partial charge in [-0.1, -0.05) is 12.1 Å². The van der Waals surface area contributed by atoms with Crippen molar-refractivity contribution in [2.75, 3.05) is 21.2 Å². The average molecular weight is 407 g/mol. The van der Waals surface area contributed by atoms with E-state index in [1.54, 1.807) is 19.1 Å². The molecule has 0 aromatic heterocycles. The zero-order valence-electron chi connectivity index (χ0n) is 15.9. The van der Waals surface area contributed by atoms with Gasteiger partial charge in [0.25, 0.3) is 5.91 Å². The fourth-order valence-corrected chi connectivity index (χ4v) is 3.38. The molecule has 0 bridgehead atoms. The molecule has 1 atom stereocenters. The number of sulfonamides is 1. The number of ether oxygens (including phenoxy) is 1. The molecule has 150 valence electrons. The van der Waals surface area contributed by atoms with E-state index >= 15 is 0 Å². The van der Waals surface area contributed by atoms with E-state index in [4.69, 9.17) is 4.74 Å². The van der Waals surface area contributed by atoms with E-state index in [0.29, 0.717) is 5.56 Å². The van der Waals surface area contributed by atoms with Gasteiger partial charge in [-0.3, -0.25) is 14.9 Å². The van der Waals surface area contributed by atoms with Gasteiger partial charge in [-0.15, -0.1) is 0 Å². The van der Waals surface area contributed by atoms with Crippen molar-refractivity contribution in [3.05, 3.63) is 63.7 Å². The lowest BCUT2D eigenvalue weighted by atomic mass is 10.1. The second-order valence-corrected chi connectivity index (χ2v) is 8.35. The lowest BCUT2D eigenvalue weighted by Gasteiger charge is -2.16. The minimum Gasteiger partial charge on any atom is -0.490 e. The molecule has 2 aromatic rings. The van der Waals surface area contributed by atoms with Crippen LogP contribution in [-0.2, 0) is 10.0 Å². The first-order chi connectivity index (χ1) is 13.1. The molecule has 0 aliphatic carbocycles. The van der Waals surface area contributed by atoms with E-state index in [1.165, 1.54) is 45.5 Å². The summed E-state index contributed by atoms with van der Waals surface area (Å²) in [5, 5.41) is 13.8. The SMILES string of the molecule is COc1ccc(C(=O)NC(C)c2ccc(S(=O)(=O)N(C)C)cc2)cc1[N+](=O)[O-]. The first-order valence-electron chi connectivity index (χ1n) is 8.23. The fourth-order valence-electron chi connectivity index (χ4n) is 2.48. The van der Waals surface area contributed by atoms with Crippen LogP contribution >= 0.6 is 0 Å². The molecule has 0 fully saturated rings. The van der Waals surface area contributed by atoms with Crippen molar-refractivity contribution in [2.45, 2.75) is 17.9 Å². The minimum absolute atomic E-state index is 0.0623. The van der Waals surface area contributed by atoms with Gasteiger partial charge in [-0.25, -0.2) is 12.7 Å². The molecule has 0 saturated carbocycles. The van der Waals surface area contributed by atoms with Crippen LogP contribution < -0.4 is 10.1 Å². The topological polar surface area (TPSA) is 119 Å². The number of nitro groups is 1. The van der Waals surface area contributed by atoms with Crippen LogP contribution in [0.25, 0.3) is 0 Å². The van der Waals surface area contributed by atoms with Crippen molar-refractivity contribution in [1.82, 2.24) is 9.62 Å². The molecule has 10 heteroatoms. The number of hydrogen-bond acceptors (Lipinski definition) is 6. The third kappa shape index (κ3) is 4.46. The second-order valence-electron chi connectivity index (χ2n) is 6.20. The van der Waals surface area contributed by atoms with Crippen molar-refractivity contribution in [2.24, 2.45) is 0 Å². The Balaban J connectivity index is 2.19. The highest BCUT2D eigenvalue weighted by atomic mass is 32.2. The van der Waals surface area contributed by atoms with Crippen LogP contribution in [0.1, 0.15) is 28.9 Å². The van der Waals surface area contributed by atoms with Gasteiger partial charge < -0.3 is 10.1 Å². The van der Waals surface area contributed by atoms with Crippen molar-refractivity contribution in [1.29, 1.82) is 0 Å². The molecule has 1 amide bonds. The highest BCUT2D eigenvalue weighted by Crippen LogP contribution is 2.28. The maximum absolute atomic E-state index is 12.4. The highest BCUT2D eigenvalue weighted by Gasteiger charge is 2.20. The summed E-state index contributed by atoms with van der Waals surface area (Å²) in [5.74, 6) is -0.435. The molecule has 0 saturated heterocycles. The summed E-state index contributed by atoms with van der Waals surface area (Å²) in [6, 6.07) is 9.64. The summed E-state index contributed by atoms with van der Waals surface area (Å²) in [6.07, 6.45) is 0. The number of carbonyl (C=O) groups excluding carboxylic acids is 1. The van der Waals surface area contributed by atoms with Crippen LogP contribution in [0.2, 0.25) is 0 Å². The molecule has 1 N–H and O–H groups in total. The Morgan fingerprint density at radius 2 is 1.79 bits per heavy atom. The van der Waals surface area contributed by atoms with Gasteiger partial charge >= 0.3 is 5.69 Å². The van der Waals surface area contributed by atoms with Crippen molar-refractivity contribution >= 4 is 21.6 Å². The number of nitro benzene ring substituents is 1. The Labute approximate surface area is 163 Å².